The number of benzene rings is 1. The lowest BCUT2D eigenvalue weighted by molar-refractivity contribution is 0.254. The number of fused-ring (bicyclic) bond motifs is 1. The van der Waals surface area contributed by atoms with Gasteiger partial charge in [-0.15, -0.1) is 10.2 Å². The molecule has 0 aliphatic carbocycles. The molecule has 4 rings (SSSR count). The minimum Gasteiger partial charge on any atom is -0.494 e. The zero-order valence-electron chi connectivity index (χ0n) is 15.2. The van der Waals surface area contributed by atoms with Crippen molar-refractivity contribution in [2.24, 2.45) is 0 Å². The quantitative estimate of drug-likeness (QED) is 0.544. The normalized spacial score (nSPS) is 15.4. The number of ether oxygens (including phenoxy) is 2. The van der Waals surface area contributed by atoms with Gasteiger partial charge in [0.25, 0.3) is 0 Å². The number of furan rings is 1. The average Bonchev–Trinajstić information content (AvgIpc) is 3.38. The second kappa shape index (κ2) is 8.22. The molecule has 0 radical (unpaired) electrons. The van der Waals surface area contributed by atoms with Gasteiger partial charge in [0.1, 0.15) is 23.4 Å². The molecule has 1 atom stereocenters. The molecule has 8 heteroatoms. The Balaban J connectivity index is 1.40. The fourth-order valence-corrected chi connectivity index (χ4v) is 4.66. The molecule has 0 amide bonds. The number of aromatic nitrogens is 2. The Hall–Kier alpha value is -2.19. The molecule has 142 valence electrons. The predicted molar refractivity (Wildman–Crippen MR) is 107 cm³/mol. The van der Waals surface area contributed by atoms with Crippen molar-refractivity contribution in [1.29, 1.82) is 0 Å². The van der Waals surface area contributed by atoms with Crippen molar-refractivity contribution in [3.05, 3.63) is 47.4 Å². The van der Waals surface area contributed by atoms with Gasteiger partial charge in [-0.25, -0.2) is 0 Å². The first-order valence-corrected chi connectivity index (χ1v) is 10.7. The zero-order valence-corrected chi connectivity index (χ0v) is 16.9. The molecule has 3 heterocycles. The standard InChI is InChI=1S/C19H21N3O3S2/c1-3-23-16-8-13-7-12(2)25-17(13)9-14(16)11-26-19-22-21-18(27-19)20-10-15-5-4-6-24-15/h4-6,8-9,12H,3,7,10-11H2,1-2H3,(H,20,21). The molecule has 1 N–H and O–H groups in total. The monoisotopic (exact) mass is 403 g/mol. The number of hydrogen-bond acceptors (Lipinski definition) is 8. The first kappa shape index (κ1) is 18.2. The Morgan fingerprint density at radius 1 is 1.37 bits per heavy atom. The van der Waals surface area contributed by atoms with E-state index in [1.807, 2.05) is 19.1 Å². The van der Waals surface area contributed by atoms with Crippen LogP contribution in [0.4, 0.5) is 5.13 Å². The Morgan fingerprint density at radius 3 is 3.11 bits per heavy atom. The van der Waals surface area contributed by atoms with Crippen molar-refractivity contribution >= 4 is 28.2 Å². The van der Waals surface area contributed by atoms with Gasteiger partial charge in [-0.2, -0.15) is 0 Å². The molecule has 1 aliphatic heterocycles. The summed E-state index contributed by atoms with van der Waals surface area (Å²) in [6, 6.07) is 8.02. The third-order valence-electron chi connectivity index (χ3n) is 4.13. The fraction of sp³-hybridized carbons (Fsp3) is 0.368. The second-order valence-electron chi connectivity index (χ2n) is 6.23. The highest BCUT2D eigenvalue weighted by Gasteiger charge is 2.22. The number of thioether (sulfide) groups is 1. The third-order valence-corrected chi connectivity index (χ3v) is 6.19. The molecule has 1 aliphatic rings. The van der Waals surface area contributed by atoms with Gasteiger partial charge in [0, 0.05) is 23.3 Å². The van der Waals surface area contributed by atoms with Crippen LogP contribution in [0.3, 0.4) is 0 Å². The van der Waals surface area contributed by atoms with E-state index in [2.05, 4.69) is 34.6 Å². The number of rotatable bonds is 8. The largest absolute Gasteiger partial charge is 0.494 e. The molecule has 0 bridgehead atoms. The van der Waals surface area contributed by atoms with Crippen LogP contribution >= 0.6 is 23.1 Å². The fourth-order valence-electron chi connectivity index (χ4n) is 2.94. The van der Waals surface area contributed by atoms with Crippen molar-refractivity contribution in [3.63, 3.8) is 0 Å². The van der Waals surface area contributed by atoms with Crippen LogP contribution < -0.4 is 14.8 Å². The molecule has 0 fully saturated rings. The maximum Gasteiger partial charge on any atom is 0.206 e. The van der Waals surface area contributed by atoms with Gasteiger partial charge in [-0.05, 0) is 38.1 Å². The third kappa shape index (κ3) is 4.39. The van der Waals surface area contributed by atoms with Crippen LogP contribution in [-0.2, 0) is 18.7 Å². The first-order chi connectivity index (χ1) is 13.2. The second-order valence-corrected chi connectivity index (χ2v) is 8.43. The van der Waals surface area contributed by atoms with Gasteiger partial charge in [0.2, 0.25) is 5.13 Å². The van der Waals surface area contributed by atoms with E-state index >= 15 is 0 Å². The summed E-state index contributed by atoms with van der Waals surface area (Å²) in [6.45, 7) is 5.34. The van der Waals surface area contributed by atoms with Gasteiger partial charge in [-0.1, -0.05) is 23.1 Å². The molecular formula is C19H21N3O3S2. The van der Waals surface area contributed by atoms with Crippen LogP contribution in [0.15, 0.2) is 39.3 Å². The maximum atomic E-state index is 5.89. The highest BCUT2D eigenvalue weighted by Crippen LogP contribution is 2.38. The molecule has 27 heavy (non-hydrogen) atoms. The van der Waals surface area contributed by atoms with E-state index in [0.29, 0.717) is 13.2 Å². The Morgan fingerprint density at radius 2 is 2.30 bits per heavy atom. The average molecular weight is 404 g/mol. The smallest absolute Gasteiger partial charge is 0.206 e. The topological polar surface area (TPSA) is 69.4 Å². The van der Waals surface area contributed by atoms with E-state index in [0.717, 1.165) is 44.5 Å². The van der Waals surface area contributed by atoms with Crippen molar-refractivity contribution in [3.8, 4) is 11.5 Å². The lowest BCUT2D eigenvalue weighted by Gasteiger charge is -2.11. The van der Waals surface area contributed by atoms with Gasteiger partial charge in [0.05, 0.1) is 19.4 Å². The zero-order chi connectivity index (χ0) is 18.6. The SMILES string of the molecule is CCOc1cc2c(cc1CSc1nnc(NCc3ccco3)s1)OC(C)C2. The number of hydrogen-bond donors (Lipinski definition) is 1. The summed E-state index contributed by atoms with van der Waals surface area (Å²) in [5, 5.41) is 12.5. The van der Waals surface area contributed by atoms with E-state index in [1.54, 1.807) is 18.0 Å². The Labute approximate surface area is 166 Å². The Kier molecular flexibility index (Phi) is 5.54. The molecule has 6 nitrogen and oxygen atoms in total. The molecule has 1 aromatic carbocycles. The first-order valence-electron chi connectivity index (χ1n) is 8.89. The number of nitrogens with one attached hydrogen (secondary N) is 1. The van der Waals surface area contributed by atoms with Crippen molar-refractivity contribution in [1.82, 2.24) is 10.2 Å². The summed E-state index contributed by atoms with van der Waals surface area (Å²) >= 11 is 3.18. The molecule has 0 saturated carbocycles. The highest BCUT2D eigenvalue weighted by atomic mass is 32.2. The minimum absolute atomic E-state index is 0.225. The molecule has 1 unspecified atom stereocenters. The van der Waals surface area contributed by atoms with Gasteiger partial charge in [-0.3, -0.25) is 0 Å². The van der Waals surface area contributed by atoms with Gasteiger partial charge in [0.15, 0.2) is 4.34 Å². The summed E-state index contributed by atoms with van der Waals surface area (Å²) in [7, 11) is 0. The molecular weight excluding hydrogens is 382 g/mol. The summed E-state index contributed by atoms with van der Waals surface area (Å²) in [6.07, 6.45) is 2.82. The minimum atomic E-state index is 0.225. The van der Waals surface area contributed by atoms with Crippen LogP contribution in [0.2, 0.25) is 0 Å². The van der Waals surface area contributed by atoms with Crippen molar-refractivity contribution in [2.45, 2.75) is 43.0 Å². The van der Waals surface area contributed by atoms with E-state index in [9.17, 15) is 0 Å². The maximum absolute atomic E-state index is 5.89. The molecule has 0 saturated heterocycles. The predicted octanol–water partition coefficient (Wildman–Crippen LogP) is 4.76. The number of nitrogens with zero attached hydrogens (tertiary/aromatic N) is 2. The van der Waals surface area contributed by atoms with Crippen molar-refractivity contribution < 1.29 is 13.9 Å². The van der Waals surface area contributed by atoms with Crippen LogP contribution in [-0.4, -0.2) is 22.9 Å². The van der Waals surface area contributed by atoms with Crippen LogP contribution in [0.5, 0.6) is 11.5 Å². The van der Waals surface area contributed by atoms with Crippen LogP contribution in [0.25, 0.3) is 0 Å². The van der Waals surface area contributed by atoms with E-state index in [-0.39, 0.29) is 6.10 Å². The van der Waals surface area contributed by atoms with Crippen molar-refractivity contribution in [2.75, 3.05) is 11.9 Å². The lowest BCUT2D eigenvalue weighted by Crippen LogP contribution is -2.05. The van der Waals surface area contributed by atoms with E-state index in [1.165, 1.54) is 16.9 Å². The van der Waals surface area contributed by atoms with Gasteiger partial charge >= 0.3 is 0 Å². The lowest BCUT2D eigenvalue weighted by atomic mass is 10.1. The van der Waals surface area contributed by atoms with Gasteiger partial charge < -0.3 is 19.2 Å². The summed E-state index contributed by atoms with van der Waals surface area (Å²) < 4.78 is 18.0. The van der Waals surface area contributed by atoms with Crippen LogP contribution in [0, 0.1) is 0 Å². The van der Waals surface area contributed by atoms with E-state index < -0.39 is 0 Å². The molecule has 3 aromatic rings. The molecule has 0 spiro atoms. The summed E-state index contributed by atoms with van der Waals surface area (Å²) in [5.74, 6) is 3.53. The Bertz CT molecular complexity index is 896. The van der Waals surface area contributed by atoms with Crippen LogP contribution in [0.1, 0.15) is 30.7 Å². The summed E-state index contributed by atoms with van der Waals surface area (Å²) in [5.41, 5.74) is 2.34. The van der Waals surface area contributed by atoms with E-state index in [4.69, 9.17) is 13.9 Å². The number of anilines is 1. The highest BCUT2D eigenvalue weighted by molar-refractivity contribution is 8.00. The molecule has 2 aromatic heterocycles. The summed E-state index contributed by atoms with van der Waals surface area (Å²) in [4.78, 5) is 0.